The Bertz CT molecular complexity index is 771. The van der Waals surface area contributed by atoms with Crippen LogP contribution in [0.25, 0.3) is 0 Å². The standard InChI is InChI=1S/C17H16Cl2FN3O/c18-13-4-5-16(15(19)7-13)23-10-12(17(21)24)9-22(23)8-11-2-1-3-14(20)6-11/h1-7,12H,8-10H2,(H2,21,24). The maximum absolute atomic E-state index is 13.4. The molecule has 0 spiro atoms. The van der Waals surface area contributed by atoms with E-state index in [9.17, 15) is 9.18 Å². The van der Waals surface area contributed by atoms with E-state index >= 15 is 0 Å². The number of rotatable bonds is 4. The number of carbonyl (C=O) groups excluding carboxylic acids is 1. The fourth-order valence-electron chi connectivity index (χ4n) is 2.85. The molecule has 2 aromatic carbocycles. The molecule has 1 saturated heterocycles. The lowest BCUT2D eigenvalue weighted by molar-refractivity contribution is -0.121. The average Bonchev–Trinajstić information content (AvgIpc) is 2.91. The van der Waals surface area contributed by atoms with Crippen LogP contribution in [-0.2, 0) is 11.3 Å². The normalized spacial score (nSPS) is 18.1. The SMILES string of the molecule is NC(=O)C1CN(Cc2cccc(F)c2)N(c2ccc(Cl)cc2Cl)C1. The van der Waals surface area contributed by atoms with Crippen molar-refractivity contribution in [2.24, 2.45) is 11.7 Å². The molecule has 1 atom stereocenters. The first-order valence-corrected chi connectivity index (χ1v) is 8.21. The molecular weight excluding hydrogens is 352 g/mol. The zero-order valence-corrected chi connectivity index (χ0v) is 14.3. The second kappa shape index (κ2) is 6.97. The fourth-order valence-corrected chi connectivity index (χ4v) is 3.36. The highest BCUT2D eigenvalue weighted by molar-refractivity contribution is 6.36. The topological polar surface area (TPSA) is 49.6 Å². The Balaban J connectivity index is 1.90. The largest absolute Gasteiger partial charge is 0.369 e. The van der Waals surface area contributed by atoms with Gasteiger partial charge in [-0.25, -0.2) is 9.40 Å². The summed E-state index contributed by atoms with van der Waals surface area (Å²) < 4.78 is 13.4. The second-order valence-electron chi connectivity index (χ2n) is 5.75. The van der Waals surface area contributed by atoms with Crippen LogP contribution in [0.15, 0.2) is 42.5 Å². The minimum Gasteiger partial charge on any atom is -0.369 e. The van der Waals surface area contributed by atoms with E-state index in [1.165, 1.54) is 12.1 Å². The maximum Gasteiger partial charge on any atom is 0.223 e. The number of anilines is 1. The third kappa shape index (κ3) is 3.64. The van der Waals surface area contributed by atoms with Crippen molar-refractivity contribution >= 4 is 34.8 Å². The lowest BCUT2D eigenvalue weighted by Crippen LogP contribution is -2.36. The van der Waals surface area contributed by atoms with Gasteiger partial charge in [-0.3, -0.25) is 4.79 Å². The predicted molar refractivity (Wildman–Crippen MR) is 93.3 cm³/mol. The summed E-state index contributed by atoms with van der Waals surface area (Å²) in [5.74, 6) is -0.994. The highest BCUT2D eigenvalue weighted by Crippen LogP contribution is 2.33. The quantitative estimate of drug-likeness (QED) is 0.899. The van der Waals surface area contributed by atoms with Crippen LogP contribution in [0.4, 0.5) is 10.1 Å². The molecule has 0 aromatic heterocycles. The number of benzene rings is 2. The van der Waals surface area contributed by atoms with Gasteiger partial charge in [0.05, 0.1) is 16.6 Å². The fraction of sp³-hybridized carbons (Fsp3) is 0.235. The Hall–Kier alpha value is -1.82. The summed E-state index contributed by atoms with van der Waals surface area (Å²) in [6, 6.07) is 11.5. The zero-order valence-electron chi connectivity index (χ0n) is 12.8. The van der Waals surface area contributed by atoms with Crippen LogP contribution in [0, 0.1) is 11.7 Å². The van der Waals surface area contributed by atoms with Crippen LogP contribution >= 0.6 is 23.2 Å². The van der Waals surface area contributed by atoms with Crippen LogP contribution in [0.1, 0.15) is 5.56 Å². The summed E-state index contributed by atoms with van der Waals surface area (Å²) >= 11 is 12.3. The first-order valence-electron chi connectivity index (χ1n) is 7.45. The van der Waals surface area contributed by atoms with Crippen molar-refractivity contribution in [1.29, 1.82) is 0 Å². The van der Waals surface area contributed by atoms with Gasteiger partial charge < -0.3 is 10.7 Å². The van der Waals surface area contributed by atoms with Crippen LogP contribution < -0.4 is 10.7 Å². The van der Waals surface area contributed by atoms with Crippen molar-refractivity contribution in [2.75, 3.05) is 18.1 Å². The molecule has 0 saturated carbocycles. The van der Waals surface area contributed by atoms with Crippen molar-refractivity contribution in [1.82, 2.24) is 5.01 Å². The van der Waals surface area contributed by atoms with Crippen molar-refractivity contribution in [2.45, 2.75) is 6.54 Å². The van der Waals surface area contributed by atoms with E-state index in [1.54, 1.807) is 24.3 Å². The summed E-state index contributed by atoms with van der Waals surface area (Å²) in [7, 11) is 0. The monoisotopic (exact) mass is 367 g/mol. The van der Waals surface area contributed by atoms with Gasteiger partial charge in [0, 0.05) is 24.7 Å². The van der Waals surface area contributed by atoms with Gasteiger partial charge in [0.2, 0.25) is 5.91 Å². The highest BCUT2D eigenvalue weighted by atomic mass is 35.5. The molecule has 1 amide bonds. The molecule has 1 unspecified atom stereocenters. The van der Waals surface area contributed by atoms with E-state index in [1.807, 2.05) is 16.1 Å². The summed E-state index contributed by atoms with van der Waals surface area (Å²) in [4.78, 5) is 11.6. The third-order valence-electron chi connectivity index (χ3n) is 4.01. The summed E-state index contributed by atoms with van der Waals surface area (Å²) in [5.41, 5.74) is 7.01. The average molecular weight is 368 g/mol. The lowest BCUT2D eigenvalue weighted by atomic mass is 10.1. The lowest BCUT2D eigenvalue weighted by Gasteiger charge is -2.30. The first-order chi connectivity index (χ1) is 11.4. The molecule has 4 nitrogen and oxygen atoms in total. The number of carbonyl (C=O) groups is 1. The maximum atomic E-state index is 13.4. The highest BCUT2D eigenvalue weighted by Gasteiger charge is 2.34. The molecule has 24 heavy (non-hydrogen) atoms. The Morgan fingerprint density at radius 3 is 2.67 bits per heavy atom. The molecule has 3 rings (SSSR count). The van der Waals surface area contributed by atoms with Crippen LogP contribution in [-0.4, -0.2) is 24.0 Å². The summed E-state index contributed by atoms with van der Waals surface area (Å²) in [5, 5.41) is 4.86. The van der Waals surface area contributed by atoms with Crippen molar-refractivity contribution < 1.29 is 9.18 Å². The third-order valence-corrected chi connectivity index (χ3v) is 4.55. The van der Waals surface area contributed by atoms with E-state index in [4.69, 9.17) is 28.9 Å². The summed E-state index contributed by atoms with van der Waals surface area (Å²) in [6.45, 7) is 1.32. The van der Waals surface area contributed by atoms with Gasteiger partial charge in [-0.05, 0) is 35.9 Å². The molecule has 1 heterocycles. The first kappa shape index (κ1) is 17.0. The van der Waals surface area contributed by atoms with Gasteiger partial charge in [0.25, 0.3) is 0 Å². The molecule has 0 radical (unpaired) electrons. The molecular formula is C17H16Cl2FN3O. The van der Waals surface area contributed by atoms with E-state index < -0.39 is 0 Å². The molecule has 2 aromatic rings. The van der Waals surface area contributed by atoms with Gasteiger partial charge in [0.15, 0.2) is 0 Å². The van der Waals surface area contributed by atoms with Gasteiger partial charge >= 0.3 is 0 Å². The summed E-state index contributed by atoms with van der Waals surface area (Å²) in [6.07, 6.45) is 0. The predicted octanol–water partition coefficient (Wildman–Crippen LogP) is 3.47. The number of halogens is 3. The number of hydrogen-bond donors (Lipinski definition) is 1. The number of hydrogen-bond acceptors (Lipinski definition) is 3. The van der Waals surface area contributed by atoms with Crippen molar-refractivity contribution in [3.8, 4) is 0 Å². The van der Waals surface area contributed by atoms with Gasteiger partial charge in [-0.2, -0.15) is 0 Å². The van der Waals surface area contributed by atoms with Crippen molar-refractivity contribution in [3.63, 3.8) is 0 Å². The zero-order chi connectivity index (χ0) is 17.3. The van der Waals surface area contributed by atoms with Crippen LogP contribution in [0.2, 0.25) is 10.0 Å². The van der Waals surface area contributed by atoms with E-state index in [0.29, 0.717) is 29.7 Å². The molecule has 7 heteroatoms. The smallest absolute Gasteiger partial charge is 0.223 e. The minimum absolute atomic E-state index is 0.297. The van der Waals surface area contributed by atoms with Crippen molar-refractivity contribution in [3.05, 3.63) is 63.9 Å². The van der Waals surface area contributed by atoms with E-state index in [-0.39, 0.29) is 17.6 Å². The Labute approximate surface area is 149 Å². The Kier molecular flexibility index (Phi) is 4.94. The molecule has 1 fully saturated rings. The van der Waals surface area contributed by atoms with E-state index in [0.717, 1.165) is 11.3 Å². The molecule has 1 aliphatic rings. The van der Waals surface area contributed by atoms with Gasteiger partial charge in [-0.1, -0.05) is 35.3 Å². The molecule has 126 valence electrons. The molecule has 1 aliphatic heterocycles. The number of nitrogens with zero attached hydrogens (tertiary/aromatic N) is 2. The molecule has 0 aliphatic carbocycles. The number of nitrogens with two attached hydrogens (primary N) is 1. The van der Waals surface area contributed by atoms with Gasteiger partial charge in [-0.15, -0.1) is 0 Å². The second-order valence-corrected chi connectivity index (χ2v) is 6.60. The minimum atomic E-state index is -0.369. The Morgan fingerprint density at radius 1 is 1.21 bits per heavy atom. The van der Waals surface area contributed by atoms with Crippen LogP contribution in [0.5, 0.6) is 0 Å². The van der Waals surface area contributed by atoms with Crippen LogP contribution in [0.3, 0.4) is 0 Å². The van der Waals surface area contributed by atoms with Gasteiger partial charge in [0.1, 0.15) is 5.82 Å². The number of primary amides is 1. The molecule has 0 bridgehead atoms. The Morgan fingerprint density at radius 2 is 2.00 bits per heavy atom. The number of hydrazine groups is 1. The van der Waals surface area contributed by atoms with E-state index in [2.05, 4.69) is 0 Å². The molecule has 2 N–H and O–H groups in total. The number of amides is 1.